The standard InChI is InChI=1S/C22H19ClN2O7/c1-25(11-19(26)24-17-5-3-2-4-16(17)23)20(27)12-31-22(29)13-30-15-8-6-14-7-9-21(28)32-18(14)10-15/h2-10H,11-13H2,1H3,(H,24,26). The predicted octanol–water partition coefficient (Wildman–Crippen LogP) is 2.47. The van der Waals surface area contributed by atoms with Gasteiger partial charge in [-0.15, -0.1) is 0 Å². The van der Waals surface area contributed by atoms with Crippen molar-refractivity contribution >= 4 is 46.0 Å². The van der Waals surface area contributed by atoms with Crippen LogP contribution < -0.4 is 15.7 Å². The summed E-state index contributed by atoms with van der Waals surface area (Å²) in [4.78, 5) is 48.5. The lowest BCUT2D eigenvalue weighted by atomic mass is 10.2. The first kappa shape index (κ1) is 22.8. The fraction of sp³-hybridized carbons (Fsp3) is 0.182. The van der Waals surface area contributed by atoms with Crippen LogP contribution in [0.4, 0.5) is 5.69 Å². The highest BCUT2D eigenvalue weighted by molar-refractivity contribution is 6.33. The predicted molar refractivity (Wildman–Crippen MR) is 117 cm³/mol. The van der Waals surface area contributed by atoms with Crippen LogP contribution in [0.15, 0.2) is 63.8 Å². The van der Waals surface area contributed by atoms with E-state index in [0.717, 1.165) is 4.90 Å². The van der Waals surface area contributed by atoms with Gasteiger partial charge in [0.2, 0.25) is 5.91 Å². The van der Waals surface area contributed by atoms with E-state index < -0.39 is 36.6 Å². The van der Waals surface area contributed by atoms with Crippen molar-refractivity contribution in [2.24, 2.45) is 0 Å². The van der Waals surface area contributed by atoms with E-state index in [9.17, 15) is 19.2 Å². The summed E-state index contributed by atoms with van der Waals surface area (Å²) in [7, 11) is 1.40. The number of anilines is 1. The Morgan fingerprint density at radius 2 is 1.81 bits per heavy atom. The van der Waals surface area contributed by atoms with Crippen LogP contribution in [0.25, 0.3) is 11.0 Å². The number of hydrogen-bond donors (Lipinski definition) is 1. The van der Waals surface area contributed by atoms with Crippen molar-refractivity contribution < 1.29 is 28.3 Å². The minimum atomic E-state index is -0.776. The molecule has 1 N–H and O–H groups in total. The van der Waals surface area contributed by atoms with Gasteiger partial charge >= 0.3 is 11.6 Å². The van der Waals surface area contributed by atoms with Gasteiger partial charge in [0.05, 0.1) is 17.3 Å². The van der Waals surface area contributed by atoms with Crippen LogP contribution in [0.3, 0.4) is 0 Å². The summed E-state index contributed by atoms with van der Waals surface area (Å²) in [5.74, 6) is -1.50. The first-order valence-corrected chi connectivity index (χ1v) is 9.80. The van der Waals surface area contributed by atoms with Gasteiger partial charge in [-0.05, 0) is 30.3 Å². The number of esters is 1. The summed E-state index contributed by atoms with van der Waals surface area (Å²) < 4.78 is 15.3. The highest BCUT2D eigenvalue weighted by atomic mass is 35.5. The molecule has 0 spiro atoms. The molecule has 0 radical (unpaired) electrons. The molecule has 2 amide bonds. The van der Waals surface area contributed by atoms with Crippen LogP contribution >= 0.6 is 11.6 Å². The SMILES string of the molecule is CN(CC(=O)Nc1ccccc1Cl)C(=O)COC(=O)COc1ccc2ccc(=O)oc2c1. The minimum absolute atomic E-state index is 0.250. The summed E-state index contributed by atoms with van der Waals surface area (Å²) in [5.41, 5.74) is 0.240. The molecule has 2 aromatic carbocycles. The average molecular weight is 459 g/mol. The largest absolute Gasteiger partial charge is 0.482 e. The van der Waals surface area contributed by atoms with Gasteiger partial charge in [-0.25, -0.2) is 9.59 Å². The lowest BCUT2D eigenvalue weighted by Gasteiger charge is -2.17. The molecule has 0 atom stereocenters. The van der Waals surface area contributed by atoms with Crippen molar-refractivity contribution in [2.45, 2.75) is 0 Å². The molecule has 0 aliphatic heterocycles. The first-order chi connectivity index (χ1) is 15.3. The number of hydrogen-bond acceptors (Lipinski definition) is 7. The number of nitrogens with one attached hydrogen (secondary N) is 1. The zero-order valence-corrected chi connectivity index (χ0v) is 17.8. The second-order valence-corrected chi connectivity index (χ2v) is 7.09. The molecule has 3 aromatic rings. The third-order valence-electron chi connectivity index (χ3n) is 4.26. The maximum Gasteiger partial charge on any atom is 0.344 e. The Morgan fingerprint density at radius 1 is 1.06 bits per heavy atom. The van der Waals surface area contributed by atoms with E-state index in [-0.39, 0.29) is 6.54 Å². The third-order valence-corrected chi connectivity index (χ3v) is 4.59. The number of benzene rings is 2. The van der Waals surface area contributed by atoms with Gasteiger partial charge in [-0.1, -0.05) is 23.7 Å². The molecular weight excluding hydrogens is 440 g/mol. The first-order valence-electron chi connectivity index (χ1n) is 9.42. The molecule has 32 heavy (non-hydrogen) atoms. The van der Waals surface area contributed by atoms with Crippen LogP contribution in [0.2, 0.25) is 5.02 Å². The van der Waals surface area contributed by atoms with Crippen molar-refractivity contribution in [3.8, 4) is 5.75 Å². The Bertz CT molecular complexity index is 1210. The lowest BCUT2D eigenvalue weighted by Crippen LogP contribution is -2.37. The van der Waals surface area contributed by atoms with Gasteiger partial charge in [0.15, 0.2) is 13.2 Å². The zero-order valence-electron chi connectivity index (χ0n) is 17.0. The number of ether oxygens (including phenoxy) is 2. The number of carbonyl (C=O) groups excluding carboxylic acids is 3. The summed E-state index contributed by atoms with van der Waals surface area (Å²) in [5, 5.41) is 3.67. The van der Waals surface area contributed by atoms with Crippen molar-refractivity contribution in [1.82, 2.24) is 4.90 Å². The molecule has 3 rings (SSSR count). The molecule has 166 valence electrons. The molecule has 1 aromatic heterocycles. The quantitative estimate of drug-likeness (QED) is 0.407. The van der Waals surface area contributed by atoms with E-state index in [1.54, 1.807) is 42.5 Å². The summed E-state index contributed by atoms with van der Waals surface area (Å²) in [6.45, 7) is -1.25. The molecule has 0 bridgehead atoms. The Morgan fingerprint density at radius 3 is 2.59 bits per heavy atom. The monoisotopic (exact) mass is 458 g/mol. The van der Waals surface area contributed by atoms with Crippen molar-refractivity contribution in [3.05, 3.63) is 70.0 Å². The van der Waals surface area contributed by atoms with Crippen molar-refractivity contribution in [2.75, 3.05) is 32.1 Å². The minimum Gasteiger partial charge on any atom is -0.482 e. The fourth-order valence-corrected chi connectivity index (χ4v) is 2.81. The number of likely N-dealkylation sites (N-methyl/N-ethyl adjacent to an activating group) is 1. The van der Waals surface area contributed by atoms with Crippen LogP contribution in [0.5, 0.6) is 5.75 Å². The van der Waals surface area contributed by atoms with Gasteiger partial charge < -0.3 is 24.1 Å². The summed E-state index contributed by atoms with van der Waals surface area (Å²) in [6.07, 6.45) is 0. The molecule has 0 saturated heterocycles. The highest BCUT2D eigenvalue weighted by Gasteiger charge is 2.16. The van der Waals surface area contributed by atoms with Crippen LogP contribution in [0.1, 0.15) is 0 Å². The van der Waals surface area contributed by atoms with Crippen molar-refractivity contribution in [1.29, 1.82) is 0 Å². The topological polar surface area (TPSA) is 115 Å². The number of halogens is 1. The smallest absolute Gasteiger partial charge is 0.344 e. The van der Waals surface area contributed by atoms with Crippen molar-refractivity contribution in [3.63, 3.8) is 0 Å². The highest BCUT2D eigenvalue weighted by Crippen LogP contribution is 2.20. The van der Waals surface area contributed by atoms with Crippen LogP contribution in [-0.2, 0) is 19.1 Å². The van der Waals surface area contributed by atoms with E-state index in [1.807, 2.05) is 0 Å². The molecule has 9 nitrogen and oxygen atoms in total. The fourth-order valence-electron chi connectivity index (χ4n) is 2.62. The lowest BCUT2D eigenvalue weighted by molar-refractivity contribution is -0.153. The molecule has 0 unspecified atom stereocenters. The molecule has 0 aliphatic carbocycles. The second kappa shape index (κ2) is 10.5. The summed E-state index contributed by atoms with van der Waals surface area (Å²) >= 11 is 5.98. The Labute approximate surface area is 187 Å². The Hall–Kier alpha value is -3.85. The molecule has 0 aliphatic rings. The maximum absolute atomic E-state index is 12.1. The van der Waals surface area contributed by atoms with E-state index in [4.69, 9.17) is 25.5 Å². The number of nitrogens with zero attached hydrogens (tertiary/aromatic N) is 1. The van der Waals surface area contributed by atoms with Gasteiger partial charge in [0.25, 0.3) is 5.91 Å². The Kier molecular flexibility index (Phi) is 7.45. The van der Waals surface area contributed by atoms with E-state index in [0.29, 0.717) is 27.4 Å². The van der Waals surface area contributed by atoms with E-state index in [2.05, 4.69) is 5.32 Å². The zero-order chi connectivity index (χ0) is 23.1. The number of para-hydroxylation sites is 1. The third kappa shape index (κ3) is 6.32. The van der Waals surface area contributed by atoms with Gasteiger partial charge in [0.1, 0.15) is 11.3 Å². The number of rotatable bonds is 8. The number of carbonyl (C=O) groups is 3. The Balaban J connectivity index is 1.43. The van der Waals surface area contributed by atoms with Gasteiger partial charge in [-0.3, -0.25) is 9.59 Å². The normalized spacial score (nSPS) is 10.4. The van der Waals surface area contributed by atoms with Gasteiger partial charge in [-0.2, -0.15) is 0 Å². The molecule has 0 saturated carbocycles. The number of fused-ring (bicyclic) bond motifs is 1. The summed E-state index contributed by atoms with van der Waals surface area (Å²) in [6, 6.07) is 14.4. The second-order valence-electron chi connectivity index (χ2n) is 6.68. The van der Waals surface area contributed by atoms with Crippen LogP contribution in [-0.4, -0.2) is 49.5 Å². The van der Waals surface area contributed by atoms with Crippen LogP contribution in [0, 0.1) is 0 Å². The van der Waals surface area contributed by atoms with E-state index >= 15 is 0 Å². The molecular formula is C22H19ClN2O7. The average Bonchev–Trinajstić information content (AvgIpc) is 2.77. The number of amides is 2. The molecule has 1 heterocycles. The van der Waals surface area contributed by atoms with Gasteiger partial charge in [0, 0.05) is 24.6 Å². The maximum atomic E-state index is 12.1. The molecule has 10 heteroatoms. The van der Waals surface area contributed by atoms with E-state index in [1.165, 1.54) is 19.2 Å². The molecule has 0 fully saturated rings.